The van der Waals surface area contributed by atoms with Crippen LogP contribution < -0.4 is 0 Å². The normalized spacial score (nSPS) is 12.0. The summed E-state index contributed by atoms with van der Waals surface area (Å²) in [7, 11) is 0. The highest BCUT2D eigenvalue weighted by molar-refractivity contribution is 7.26. The fourth-order valence-corrected chi connectivity index (χ4v) is 9.31. The van der Waals surface area contributed by atoms with Gasteiger partial charge in [-0.2, -0.15) is 0 Å². The van der Waals surface area contributed by atoms with Crippen molar-refractivity contribution in [1.29, 1.82) is 0 Å². The maximum Gasteiger partial charge on any atom is 0.136 e. The molecule has 2 heteroatoms. The van der Waals surface area contributed by atoms with Crippen molar-refractivity contribution >= 4 is 85.8 Å². The predicted octanol–water partition coefficient (Wildman–Crippen LogP) is 14.4. The summed E-state index contributed by atoms with van der Waals surface area (Å²) in [4.78, 5) is 0. The molecule has 0 saturated heterocycles. The smallest absolute Gasteiger partial charge is 0.136 e. The third-order valence-corrected chi connectivity index (χ3v) is 11.6. The Bertz CT molecular complexity index is 3090. The summed E-state index contributed by atoms with van der Waals surface area (Å²) < 4.78 is 9.24. The minimum atomic E-state index is 0.918. The van der Waals surface area contributed by atoms with Gasteiger partial charge in [-0.05, 0) is 108 Å². The van der Waals surface area contributed by atoms with Gasteiger partial charge in [-0.15, -0.1) is 11.3 Å². The Morgan fingerprint density at radius 3 is 1.58 bits per heavy atom. The van der Waals surface area contributed by atoms with Crippen molar-refractivity contribution in [2.24, 2.45) is 0 Å². The molecule has 11 rings (SSSR count). The summed E-state index contributed by atoms with van der Waals surface area (Å²) in [6, 6.07) is 61.9. The first-order chi connectivity index (χ1) is 24.8. The zero-order valence-corrected chi connectivity index (χ0v) is 27.8. The molecule has 0 saturated carbocycles. The maximum absolute atomic E-state index is 6.64. The lowest BCUT2D eigenvalue weighted by Crippen LogP contribution is -1.91. The van der Waals surface area contributed by atoms with E-state index in [-0.39, 0.29) is 0 Å². The molecular weight excluding hydrogens is 625 g/mol. The number of hydrogen-bond acceptors (Lipinski definition) is 2. The third-order valence-electron chi connectivity index (χ3n) is 10.4. The number of thiophene rings is 1. The summed E-state index contributed by atoms with van der Waals surface area (Å²) in [5, 5.41) is 12.4. The van der Waals surface area contributed by atoms with Crippen LogP contribution in [-0.4, -0.2) is 0 Å². The average molecular weight is 653 g/mol. The van der Waals surface area contributed by atoms with Gasteiger partial charge in [0.2, 0.25) is 0 Å². The lowest BCUT2D eigenvalue weighted by atomic mass is 9.85. The zero-order chi connectivity index (χ0) is 32.8. The lowest BCUT2D eigenvalue weighted by molar-refractivity contribution is 0.669. The molecule has 1 nitrogen and oxygen atoms in total. The van der Waals surface area contributed by atoms with Gasteiger partial charge in [0.15, 0.2) is 0 Å². The Balaban J connectivity index is 1.13. The molecule has 0 aliphatic heterocycles. The molecule has 0 radical (unpaired) electrons. The van der Waals surface area contributed by atoms with Crippen LogP contribution in [0.25, 0.3) is 108 Å². The van der Waals surface area contributed by atoms with E-state index in [0.29, 0.717) is 0 Å². The van der Waals surface area contributed by atoms with Crippen LogP contribution in [0.15, 0.2) is 174 Å². The van der Waals surface area contributed by atoms with Gasteiger partial charge in [0.1, 0.15) is 11.2 Å². The first kappa shape index (κ1) is 27.7. The van der Waals surface area contributed by atoms with Crippen LogP contribution in [0.3, 0.4) is 0 Å². The Morgan fingerprint density at radius 2 is 0.880 bits per heavy atom. The minimum absolute atomic E-state index is 0.918. The standard InChI is InChI=1S/C48H28OS/c1-2-10-29(11-3-1)30-18-19-32-27-33(21-20-31(32)26-30)45-35-12-4-6-14-37(35)46(38-15-7-5-13-36(38)45)34-22-23-39-42(28-34)49-41-24-25-44-48(47(39)41)40-16-8-9-17-43(40)50-44/h1-28H. The lowest BCUT2D eigenvalue weighted by Gasteiger charge is -2.18. The van der Waals surface area contributed by atoms with Crippen LogP contribution in [0.5, 0.6) is 0 Å². The van der Waals surface area contributed by atoms with Crippen LogP contribution in [-0.2, 0) is 0 Å². The molecule has 0 N–H and O–H groups in total. The highest BCUT2D eigenvalue weighted by Gasteiger charge is 2.19. The van der Waals surface area contributed by atoms with E-state index in [0.717, 1.165) is 22.1 Å². The van der Waals surface area contributed by atoms with Crippen molar-refractivity contribution in [3.8, 4) is 33.4 Å². The molecule has 0 fully saturated rings. The second-order valence-corrected chi connectivity index (χ2v) is 14.3. The first-order valence-electron chi connectivity index (χ1n) is 17.1. The van der Waals surface area contributed by atoms with E-state index >= 15 is 0 Å². The second-order valence-electron chi connectivity index (χ2n) is 13.2. The Labute approximate surface area is 292 Å². The van der Waals surface area contributed by atoms with Crippen molar-refractivity contribution < 1.29 is 4.42 Å². The van der Waals surface area contributed by atoms with Gasteiger partial charge in [0, 0.05) is 30.9 Å². The molecular formula is C48H28OS. The quantitative estimate of drug-likeness (QED) is 0.173. The van der Waals surface area contributed by atoms with Crippen molar-refractivity contribution in [2.75, 3.05) is 0 Å². The number of fused-ring (bicyclic) bond motifs is 10. The van der Waals surface area contributed by atoms with Crippen molar-refractivity contribution in [2.45, 2.75) is 0 Å². The molecule has 0 unspecified atom stereocenters. The van der Waals surface area contributed by atoms with Crippen LogP contribution in [0, 0.1) is 0 Å². The molecule has 0 atom stereocenters. The van der Waals surface area contributed by atoms with Gasteiger partial charge in [-0.1, -0.05) is 127 Å². The monoisotopic (exact) mass is 652 g/mol. The summed E-state index contributed by atoms with van der Waals surface area (Å²) in [5.74, 6) is 0. The summed E-state index contributed by atoms with van der Waals surface area (Å²) in [6.45, 7) is 0. The average Bonchev–Trinajstić information content (AvgIpc) is 3.74. The molecule has 0 aliphatic carbocycles. The highest BCUT2D eigenvalue weighted by atomic mass is 32.1. The topological polar surface area (TPSA) is 13.1 Å². The van der Waals surface area contributed by atoms with Crippen LogP contribution in [0.1, 0.15) is 0 Å². The summed E-state index contributed by atoms with van der Waals surface area (Å²) in [6.07, 6.45) is 0. The highest BCUT2D eigenvalue weighted by Crippen LogP contribution is 2.47. The summed E-state index contributed by atoms with van der Waals surface area (Å²) in [5.41, 5.74) is 9.22. The van der Waals surface area contributed by atoms with Gasteiger partial charge in [-0.3, -0.25) is 0 Å². The molecule has 0 amide bonds. The largest absolute Gasteiger partial charge is 0.456 e. The SMILES string of the molecule is c1ccc(-c2ccc3cc(-c4c5ccccc5c(-c5ccc6c(c5)oc5ccc7sc8ccccc8c7c56)c5ccccc45)ccc3c2)cc1. The molecule has 232 valence electrons. The maximum atomic E-state index is 6.64. The second kappa shape index (κ2) is 10.6. The number of rotatable bonds is 3. The fourth-order valence-electron chi connectivity index (χ4n) is 8.20. The van der Waals surface area contributed by atoms with Crippen LogP contribution in [0.4, 0.5) is 0 Å². The van der Waals surface area contributed by atoms with Crippen molar-refractivity contribution in [1.82, 2.24) is 0 Å². The molecule has 50 heavy (non-hydrogen) atoms. The third kappa shape index (κ3) is 4.06. The molecule has 0 aliphatic rings. The molecule has 2 heterocycles. The van der Waals surface area contributed by atoms with Crippen LogP contribution in [0.2, 0.25) is 0 Å². The van der Waals surface area contributed by atoms with Crippen molar-refractivity contribution in [3.05, 3.63) is 170 Å². The van der Waals surface area contributed by atoms with E-state index in [1.54, 1.807) is 0 Å². The van der Waals surface area contributed by atoms with Gasteiger partial charge < -0.3 is 4.42 Å². The Morgan fingerprint density at radius 1 is 0.320 bits per heavy atom. The molecule has 9 aromatic carbocycles. The Hall–Kier alpha value is -6.22. The molecule has 11 aromatic rings. The van der Waals surface area contributed by atoms with Crippen LogP contribution >= 0.6 is 11.3 Å². The zero-order valence-electron chi connectivity index (χ0n) is 27.0. The number of furan rings is 1. The van der Waals surface area contributed by atoms with Gasteiger partial charge in [-0.25, -0.2) is 0 Å². The van der Waals surface area contributed by atoms with Gasteiger partial charge in [0.05, 0.1) is 0 Å². The Kier molecular flexibility index (Phi) is 5.89. The van der Waals surface area contributed by atoms with E-state index in [2.05, 4.69) is 170 Å². The van der Waals surface area contributed by atoms with Crippen molar-refractivity contribution in [3.63, 3.8) is 0 Å². The molecule has 2 aromatic heterocycles. The van der Waals surface area contributed by atoms with E-state index < -0.39 is 0 Å². The van der Waals surface area contributed by atoms with E-state index in [1.807, 2.05) is 11.3 Å². The van der Waals surface area contributed by atoms with Gasteiger partial charge in [0.25, 0.3) is 0 Å². The van der Waals surface area contributed by atoms with E-state index in [9.17, 15) is 0 Å². The number of benzene rings is 9. The first-order valence-corrected chi connectivity index (χ1v) is 17.9. The minimum Gasteiger partial charge on any atom is -0.456 e. The van der Waals surface area contributed by atoms with E-state index in [1.165, 1.54) is 85.7 Å². The van der Waals surface area contributed by atoms with Gasteiger partial charge >= 0.3 is 0 Å². The molecule has 0 spiro atoms. The fraction of sp³-hybridized carbons (Fsp3) is 0. The summed E-state index contributed by atoms with van der Waals surface area (Å²) >= 11 is 1.85. The van der Waals surface area contributed by atoms with E-state index in [4.69, 9.17) is 4.42 Å². The molecule has 0 bridgehead atoms. The predicted molar refractivity (Wildman–Crippen MR) is 215 cm³/mol. The number of hydrogen-bond donors (Lipinski definition) is 0.